The van der Waals surface area contributed by atoms with Crippen molar-refractivity contribution in [2.45, 2.75) is 38.6 Å². The molecular weight excluding hydrogens is 266 g/mol. The lowest BCUT2D eigenvalue weighted by Crippen LogP contribution is -2.47. The highest BCUT2D eigenvalue weighted by molar-refractivity contribution is 6.06. The average molecular weight is 285 g/mol. The molecule has 2 heterocycles. The van der Waals surface area contributed by atoms with Crippen LogP contribution in [0.25, 0.3) is 11.0 Å². The van der Waals surface area contributed by atoms with E-state index in [1.165, 1.54) is 0 Å². The lowest BCUT2D eigenvalue weighted by molar-refractivity contribution is -0.124. The molecule has 1 unspecified atom stereocenters. The Hall–Kier alpha value is -2.17. The molecule has 2 aromatic rings. The van der Waals surface area contributed by atoms with E-state index in [2.05, 4.69) is 9.97 Å². The number of aromatic amines is 1. The Morgan fingerprint density at radius 2 is 2.24 bits per heavy atom. The fourth-order valence-electron chi connectivity index (χ4n) is 3.04. The van der Waals surface area contributed by atoms with Crippen LogP contribution in [0.5, 0.6) is 0 Å². The third kappa shape index (κ3) is 2.44. The van der Waals surface area contributed by atoms with E-state index in [-0.39, 0.29) is 17.7 Å². The van der Waals surface area contributed by atoms with Crippen molar-refractivity contribution in [1.82, 2.24) is 14.9 Å². The highest BCUT2D eigenvalue weighted by atomic mass is 16.2. The van der Waals surface area contributed by atoms with Gasteiger partial charge in [0.2, 0.25) is 0 Å². The van der Waals surface area contributed by atoms with Crippen molar-refractivity contribution in [3.63, 3.8) is 0 Å². The van der Waals surface area contributed by atoms with Crippen molar-refractivity contribution in [3.8, 4) is 0 Å². The van der Waals surface area contributed by atoms with E-state index in [1.807, 2.05) is 19.1 Å². The maximum Gasteiger partial charge on any atom is 0.256 e. The zero-order valence-corrected chi connectivity index (χ0v) is 12.1. The number of carbonyl (C=O) groups is 2. The molecule has 1 atom stereocenters. The molecule has 1 saturated heterocycles. The highest BCUT2D eigenvalue weighted by Crippen LogP contribution is 2.24. The average Bonchev–Trinajstić information content (AvgIpc) is 3.02. The normalized spacial score (nSPS) is 18.9. The second-order valence-electron chi connectivity index (χ2n) is 5.43. The first-order valence-corrected chi connectivity index (χ1v) is 7.48. The van der Waals surface area contributed by atoms with Crippen LogP contribution in [0.15, 0.2) is 24.5 Å². The van der Waals surface area contributed by atoms with E-state index in [1.54, 1.807) is 17.3 Å². The van der Waals surface area contributed by atoms with Crippen molar-refractivity contribution < 1.29 is 9.59 Å². The summed E-state index contributed by atoms with van der Waals surface area (Å²) in [5.74, 6) is 0.0662. The molecule has 5 nitrogen and oxygen atoms in total. The van der Waals surface area contributed by atoms with Crippen LogP contribution in [0.1, 0.15) is 43.0 Å². The maximum absolute atomic E-state index is 12.9. The quantitative estimate of drug-likeness (QED) is 0.942. The summed E-state index contributed by atoms with van der Waals surface area (Å²) in [6.45, 7) is 2.50. The number of nitrogens with one attached hydrogen (secondary N) is 1. The summed E-state index contributed by atoms with van der Waals surface area (Å²) in [4.78, 5) is 34.0. The molecular formula is C16H19N3O2. The van der Waals surface area contributed by atoms with Gasteiger partial charge in [-0.2, -0.15) is 0 Å². The zero-order chi connectivity index (χ0) is 14.8. The number of Topliss-reactive ketones (excluding diaryl/α,β-unsaturated/α-hetero) is 1. The molecule has 1 aliphatic rings. The van der Waals surface area contributed by atoms with Crippen LogP contribution < -0.4 is 0 Å². The van der Waals surface area contributed by atoms with Gasteiger partial charge in [-0.1, -0.05) is 13.0 Å². The standard InChI is InChI=1S/C16H19N3O2/c1-2-14(20)13-8-3-4-9-19(13)16(21)11-6-5-7-12-15(11)18-10-17-12/h5-7,10,13H,2-4,8-9H2,1H3,(H,17,18). The molecule has 21 heavy (non-hydrogen) atoms. The number of fused-ring (bicyclic) bond motifs is 1. The molecule has 0 radical (unpaired) electrons. The summed E-state index contributed by atoms with van der Waals surface area (Å²) in [6.07, 6.45) is 4.80. The van der Waals surface area contributed by atoms with E-state index in [9.17, 15) is 9.59 Å². The van der Waals surface area contributed by atoms with E-state index in [4.69, 9.17) is 0 Å². The summed E-state index contributed by atoms with van der Waals surface area (Å²) in [6, 6.07) is 5.25. The molecule has 5 heteroatoms. The fourth-order valence-corrected chi connectivity index (χ4v) is 3.04. The number of amides is 1. The Balaban J connectivity index is 1.96. The first-order valence-electron chi connectivity index (χ1n) is 7.48. The summed E-state index contributed by atoms with van der Waals surface area (Å²) in [5.41, 5.74) is 2.09. The Labute approximate surface area is 123 Å². The Kier molecular flexibility index (Phi) is 3.73. The van der Waals surface area contributed by atoms with Crippen LogP contribution in [-0.4, -0.2) is 39.1 Å². The molecule has 1 amide bonds. The van der Waals surface area contributed by atoms with E-state index < -0.39 is 0 Å². The highest BCUT2D eigenvalue weighted by Gasteiger charge is 2.32. The Morgan fingerprint density at radius 1 is 1.38 bits per heavy atom. The molecule has 0 aliphatic carbocycles. The summed E-state index contributed by atoms with van der Waals surface area (Å²) >= 11 is 0. The largest absolute Gasteiger partial charge is 0.345 e. The number of likely N-dealkylation sites (tertiary alicyclic amines) is 1. The molecule has 1 aliphatic heterocycles. The number of imidazole rings is 1. The van der Waals surface area contributed by atoms with Crippen molar-refractivity contribution in [3.05, 3.63) is 30.1 Å². The molecule has 1 aromatic heterocycles. The van der Waals surface area contributed by atoms with Crippen molar-refractivity contribution in [1.29, 1.82) is 0 Å². The van der Waals surface area contributed by atoms with Crippen molar-refractivity contribution in [2.75, 3.05) is 6.54 Å². The second-order valence-corrected chi connectivity index (χ2v) is 5.43. The van der Waals surface area contributed by atoms with Crippen molar-refractivity contribution >= 4 is 22.7 Å². The summed E-state index contributed by atoms with van der Waals surface area (Å²) in [7, 11) is 0. The minimum atomic E-state index is -0.273. The van der Waals surface area contributed by atoms with Gasteiger partial charge in [0.1, 0.15) is 5.52 Å². The van der Waals surface area contributed by atoms with Crippen LogP contribution >= 0.6 is 0 Å². The summed E-state index contributed by atoms with van der Waals surface area (Å²) < 4.78 is 0. The number of carbonyl (C=O) groups excluding carboxylic acids is 2. The smallest absolute Gasteiger partial charge is 0.256 e. The van der Waals surface area contributed by atoms with Gasteiger partial charge in [0.25, 0.3) is 5.91 Å². The van der Waals surface area contributed by atoms with Gasteiger partial charge in [-0.15, -0.1) is 0 Å². The number of rotatable bonds is 3. The molecule has 110 valence electrons. The van der Waals surface area contributed by atoms with Crippen LogP contribution in [0.4, 0.5) is 0 Å². The number of hydrogen-bond donors (Lipinski definition) is 1. The van der Waals surface area contributed by atoms with E-state index in [0.29, 0.717) is 24.0 Å². The third-order valence-corrected chi connectivity index (χ3v) is 4.16. The lowest BCUT2D eigenvalue weighted by atomic mass is 9.96. The predicted octanol–water partition coefficient (Wildman–Crippen LogP) is 2.54. The number of aromatic nitrogens is 2. The van der Waals surface area contributed by atoms with Gasteiger partial charge in [-0.05, 0) is 31.4 Å². The van der Waals surface area contributed by atoms with Gasteiger partial charge in [0.15, 0.2) is 5.78 Å². The second kappa shape index (κ2) is 5.68. The molecule has 0 bridgehead atoms. The number of piperidine rings is 1. The lowest BCUT2D eigenvalue weighted by Gasteiger charge is -2.34. The Morgan fingerprint density at radius 3 is 3.05 bits per heavy atom. The number of nitrogens with zero attached hydrogens (tertiary/aromatic N) is 2. The molecule has 1 fully saturated rings. The monoisotopic (exact) mass is 285 g/mol. The van der Waals surface area contributed by atoms with E-state index in [0.717, 1.165) is 24.8 Å². The number of H-pyrrole nitrogens is 1. The van der Waals surface area contributed by atoms with Crippen LogP contribution in [0.2, 0.25) is 0 Å². The molecule has 0 saturated carbocycles. The van der Waals surface area contributed by atoms with Crippen LogP contribution in [0, 0.1) is 0 Å². The third-order valence-electron chi connectivity index (χ3n) is 4.16. The fraction of sp³-hybridized carbons (Fsp3) is 0.438. The number of benzene rings is 1. The minimum Gasteiger partial charge on any atom is -0.345 e. The SMILES string of the molecule is CCC(=O)C1CCCCN1C(=O)c1cccc2[nH]cnc12. The molecule has 1 aromatic carbocycles. The van der Waals surface area contributed by atoms with Gasteiger partial charge in [0, 0.05) is 13.0 Å². The number of ketones is 1. The first-order chi connectivity index (χ1) is 10.2. The maximum atomic E-state index is 12.9. The van der Waals surface area contributed by atoms with E-state index >= 15 is 0 Å². The molecule has 1 N–H and O–H groups in total. The molecule has 3 rings (SSSR count). The number of hydrogen-bond acceptors (Lipinski definition) is 3. The Bertz CT molecular complexity index is 677. The number of para-hydroxylation sites is 1. The van der Waals surface area contributed by atoms with Gasteiger partial charge in [0.05, 0.1) is 23.4 Å². The van der Waals surface area contributed by atoms with Crippen molar-refractivity contribution in [2.24, 2.45) is 0 Å². The zero-order valence-electron chi connectivity index (χ0n) is 12.1. The van der Waals surface area contributed by atoms with Gasteiger partial charge in [-0.25, -0.2) is 4.98 Å². The van der Waals surface area contributed by atoms with Gasteiger partial charge in [-0.3, -0.25) is 9.59 Å². The summed E-state index contributed by atoms with van der Waals surface area (Å²) in [5, 5.41) is 0. The molecule has 0 spiro atoms. The topological polar surface area (TPSA) is 66.1 Å². The van der Waals surface area contributed by atoms with Gasteiger partial charge < -0.3 is 9.88 Å². The van der Waals surface area contributed by atoms with Gasteiger partial charge >= 0.3 is 0 Å². The van der Waals surface area contributed by atoms with Crippen LogP contribution in [-0.2, 0) is 4.79 Å². The predicted molar refractivity (Wildman–Crippen MR) is 80.1 cm³/mol. The minimum absolute atomic E-state index is 0.0841. The van der Waals surface area contributed by atoms with Crippen LogP contribution in [0.3, 0.4) is 0 Å². The first kappa shape index (κ1) is 13.8.